The van der Waals surface area contributed by atoms with Crippen molar-refractivity contribution in [1.29, 1.82) is 0 Å². The summed E-state index contributed by atoms with van der Waals surface area (Å²) in [6.07, 6.45) is -1.62. The Morgan fingerprint density at radius 3 is 2.39 bits per heavy atom. The minimum Gasteiger partial charge on any atom is -0.390 e. The smallest absolute Gasteiger partial charge is 0.105 e. The molecule has 18 heavy (non-hydrogen) atoms. The highest BCUT2D eigenvalue weighted by atomic mass is 16.3. The average Bonchev–Trinajstić information content (AvgIpc) is 2.33. The van der Waals surface area contributed by atoms with Gasteiger partial charge in [0.25, 0.3) is 0 Å². The summed E-state index contributed by atoms with van der Waals surface area (Å²) in [4.78, 5) is 2.62. The molecule has 2 atom stereocenters. The standard InChI is InChI=1S/C13H19N3O2/c1-8-6-10(3)11(7-9(8)2)13(18)12(17)4-5-15-16-14/h6-7,12-13,17-18H,4-5H2,1-3H3. The van der Waals surface area contributed by atoms with Gasteiger partial charge in [-0.25, -0.2) is 0 Å². The maximum Gasteiger partial charge on any atom is 0.105 e. The van der Waals surface area contributed by atoms with E-state index >= 15 is 0 Å². The fourth-order valence-corrected chi connectivity index (χ4v) is 1.90. The van der Waals surface area contributed by atoms with Crippen LogP contribution in [0.4, 0.5) is 0 Å². The number of aliphatic hydroxyl groups is 2. The molecule has 5 heteroatoms. The number of hydrogen-bond donors (Lipinski definition) is 2. The molecule has 0 fully saturated rings. The van der Waals surface area contributed by atoms with Crippen molar-refractivity contribution < 1.29 is 10.2 Å². The Bertz CT molecular complexity index is 468. The van der Waals surface area contributed by atoms with E-state index in [1.54, 1.807) is 0 Å². The molecule has 98 valence electrons. The van der Waals surface area contributed by atoms with Crippen LogP contribution in [-0.4, -0.2) is 22.9 Å². The maximum absolute atomic E-state index is 10.1. The van der Waals surface area contributed by atoms with Crippen LogP contribution in [0.1, 0.15) is 34.8 Å². The van der Waals surface area contributed by atoms with Crippen molar-refractivity contribution in [3.63, 3.8) is 0 Å². The minimum atomic E-state index is -0.946. The third-order valence-corrected chi connectivity index (χ3v) is 3.15. The summed E-state index contributed by atoms with van der Waals surface area (Å²) >= 11 is 0. The molecule has 1 aromatic rings. The minimum absolute atomic E-state index is 0.179. The molecule has 1 aromatic carbocycles. The Morgan fingerprint density at radius 2 is 1.78 bits per heavy atom. The van der Waals surface area contributed by atoms with Gasteiger partial charge in [0.2, 0.25) is 0 Å². The lowest BCUT2D eigenvalue weighted by molar-refractivity contribution is 0.0146. The van der Waals surface area contributed by atoms with Crippen LogP contribution in [-0.2, 0) is 0 Å². The van der Waals surface area contributed by atoms with Crippen molar-refractivity contribution in [2.45, 2.75) is 39.4 Å². The van der Waals surface area contributed by atoms with E-state index in [-0.39, 0.29) is 13.0 Å². The molecule has 0 spiro atoms. The first-order chi connectivity index (χ1) is 8.47. The quantitative estimate of drug-likeness (QED) is 0.477. The van der Waals surface area contributed by atoms with Crippen LogP contribution in [0.25, 0.3) is 10.4 Å². The van der Waals surface area contributed by atoms with Crippen molar-refractivity contribution in [3.05, 3.63) is 44.8 Å². The summed E-state index contributed by atoms with van der Waals surface area (Å²) in [6, 6.07) is 3.89. The molecule has 0 aliphatic carbocycles. The topological polar surface area (TPSA) is 89.2 Å². The summed E-state index contributed by atoms with van der Waals surface area (Å²) in [5.74, 6) is 0. The number of rotatable bonds is 5. The first-order valence-corrected chi connectivity index (χ1v) is 5.92. The fourth-order valence-electron chi connectivity index (χ4n) is 1.90. The lowest BCUT2D eigenvalue weighted by atomic mass is 9.94. The molecule has 2 N–H and O–H groups in total. The zero-order valence-corrected chi connectivity index (χ0v) is 11.0. The number of azide groups is 1. The molecule has 0 saturated carbocycles. The first kappa shape index (κ1) is 14.5. The van der Waals surface area contributed by atoms with Crippen LogP contribution >= 0.6 is 0 Å². The van der Waals surface area contributed by atoms with Crippen LogP contribution in [0.2, 0.25) is 0 Å². The number of aliphatic hydroxyl groups excluding tert-OH is 2. The molecule has 2 unspecified atom stereocenters. The van der Waals surface area contributed by atoms with Crippen molar-refractivity contribution in [2.75, 3.05) is 6.54 Å². The number of nitrogens with zero attached hydrogens (tertiary/aromatic N) is 3. The summed E-state index contributed by atoms with van der Waals surface area (Å²) in [5.41, 5.74) is 12.1. The molecule has 0 heterocycles. The summed E-state index contributed by atoms with van der Waals surface area (Å²) in [5, 5.41) is 23.3. The van der Waals surface area contributed by atoms with Gasteiger partial charge >= 0.3 is 0 Å². The third-order valence-electron chi connectivity index (χ3n) is 3.15. The van der Waals surface area contributed by atoms with E-state index in [0.717, 1.165) is 22.3 Å². The second kappa shape index (κ2) is 6.40. The summed E-state index contributed by atoms with van der Waals surface area (Å²) in [7, 11) is 0. The maximum atomic E-state index is 10.1. The highest BCUT2D eigenvalue weighted by molar-refractivity contribution is 5.38. The Balaban J connectivity index is 2.85. The second-order valence-electron chi connectivity index (χ2n) is 4.55. The van der Waals surface area contributed by atoms with Gasteiger partial charge in [-0.3, -0.25) is 0 Å². The van der Waals surface area contributed by atoms with Gasteiger partial charge in [-0.2, -0.15) is 0 Å². The van der Waals surface area contributed by atoms with Crippen LogP contribution in [0.3, 0.4) is 0 Å². The highest BCUT2D eigenvalue weighted by Crippen LogP contribution is 2.25. The molecule has 0 aliphatic rings. The van der Waals surface area contributed by atoms with Gasteiger partial charge in [-0.1, -0.05) is 17.2 Å². The van der Waals surface area contributed by atoms with E-state index in [4.69, 9.17) is 5.53 Å². The van der Waals surface area contributed by atoms with E-state index < -0.39 is 12.2 Å². The number of hydrogen-bond acceptors (Lipinski definition) is 3. The predicted octanol–water partition coefficient (Wildman–Crippen LogP) is 2.71. The summed E-state index contributed by atoms with van der Waals surface area (Å²) in [6.45, 7) is 6.07. The SMILES string of the molecule is Cc1cc(C)c(C(O)C(O)CCN=[N+]=[N-])cc1C. The third kappa shape index (κ3) is 3.47. The molecule has 0 bridgehead atoms. The first-order valence-electron chi connectivity index (χ1n) is 5.92. The van der Waals surface area contributed by atoms with Gasteiger partial charge in [0.1, 0.15) is 6.10 Å². The van der Waals surface area contributed by atoms with Crippen molar-refractivity contribution >= 4 is 0 Å². The van der Waals surface area contributed by atoms with E-state index in [1.807, 2.05) is 32.9 Å². The van der Waals surface area contributed by atoms with E-state index in [9.17, 15) is 10.2 Å². The molecule has 5 nitrogen and oxygen atoms in total. The lowest BCUT2D eigenvalue weighted by Gasteiger charge is -2.20. The van der Waals surface area contributed by atoms with E-state index in [1.165, 1.54) is 0 Å². The average molecular weight is 249 g/mol. The molecule has 0 radical (unpaired) electrons. The van der Waals surface area contributed by atoms with Crippen molar-refractivity contribution in [1.82, 2.24) is 0 Å². The van der Waals surface area contributed by atoms with Gasteiger partial charge in [-0.05, 0) is 55.0 Å². The van der Waals surface area contributed by atoms with Crippen LogP contribution in [0, 0.1) is 20.8 Å². The predicted molar refractivity (Wildman–Crippen MR) is 70.2 cm³/mol. The van der Waals surface area contributed by atoms with Crippen LogP contribution in [0.15, 0.2) is 17.2 Å². The van der Waals surface area contributed by atoms with Gasteiger partial charge in [0.05, 0.1) is 6.10 Å². The van der Waals surface area contributed by atoms with Gasteiger partial charge in [-0.15, -0.1) is 0 Å². The second-order valence-corrected chi connectivity index (χ2v) is 4.55. The van der Waals surface area contributed by atoms with Gasteiger partial charge in [0, 0.05) is 11.5 Å². The number of aryl methyl sites for hydroxylation is 3. The summed E-state index contributed by atoms with van der Waals surface area (Å²) < 4.78 is 0. The zero-order valence-electron chi connectivity index (χ0n) is 11.0. The Morgan fingerprint density at radius 1 is 1.17 bits per heavy atom. The molecule has 0 aromatic heterocycles. The Kier molecular flexibility index (Phi) is 5.16. The normalized spacial score (nSPS) is 13.8. The van der Waals surface area contributed by atoms with E-state index in [2.05, 4.69) is 10.0 Å². The molecule has 0 amide bonds. The fraction of sp³-hybridized carbons (Fsp3) is 0.538. The molecule has 0 saturated heterocycles. The number of benzene rings is 1. The highest BCUT2D eigenvalue weighted by Gasteiger charge is 2.20. The molecule has 1 rings (SSSR count). The Labute approximate surface area is 107 Å². The monoisotopic (exact) mass is 249 g/mol. The van der Waals surface area contributed by atoms with E-state index in [0.29, 0.717) is 0 Å². The largest absolute Gasteiger partial charge is 0.390 e. The van der Waals surface area contributed by atoms with Crippen molar-refractivity contribution in [2.24, 2.45) is 5.11 Å². The van der Waals surface area contributed by atoms with Crippen LogP contribution in [0.5, 0.6) is 0 Å². The lowest BCUT2D eigenvalue weighted by Crippen LogP contribution is -2.20. The molecular formula is C13H19N3O2. The molecule has 0 aliphatic heterocycles. The van der Waals surface area contributed by atoms with Crippen LogP contribution < -0.4 is 0 Å². The van der Waals surface area contributed by atoms with Gasteiger partial charge < -0.3 is 10.2 Å². The zero-order chi connectivity index (χ0) is 13.7. The van der Waals surface area contributed by atoms with Gasteiger partial charge in [0.15, 0.2) is 0 Å². The molecular weight excluding hydrogens is 230 g/mol. The Hall–Kier alpha value is -1.55. The van der Waals surface area contributed by atoms with Crippen molar-refractivity contribution in [3.8, 4) is 0 Å².